The van der Waals surface area contributed by atoms with Gasteiger partial charge >= 0.3 is 5.97 Å². The molecule has 2 aromatic rings. The van der Waals surface area contributed by atoms with E-state index in [1.165, 1.54) is 0 Å². The van der Waals surface area contributed by atoms with Crippen LogP contribution >= 0.6 is 0 Å². The normalized spacial score (nSPS) is 19.0. The van der Waals surface area contributed by atoms with Crippen molar-refractivity contribution in [3.8, 4) is 11.3 Å². The summed E-state index contributed by atoms with van der Waals surface area (Å²) < 4.78 is 0. The topological polar surface area (TPSA) is 66.3 Å². The van der Waals surface area contributed by atoms with Gasteiger partial charge in [0.1, 0.15) is 0 Å². The summed E-state index contributed by atoms with van der Waals surface area (Å²) in [4.78, 5) is 22.5. The molecule has 0 spiro atoms. The molecule has 1 aliphatic heterocycles. The van der Waals surface area contributed by atoms with Crippen molar-refractivity contribution < 1.29 is 9.90 Å². The average Bonchev–Trinajstić information content (AvgIpc) is 2.55. The molecule has 0 amide bonds. The summed E-state index contributed by atoms with van der Waals surface area (Å²) in [6.07, 6.45) is 5.62. The predicted molar refractivity (Wildman–Crippen MR) is 83.9 cm³/mol. The largest absolute Gasteiger partial charge is 0.478 e. The number of aromatic nitrogens is 2. The molecule has 2 heterocycles. The molecule has 1 aromatic heterocycles. The Labute approximate surface area is 129 Å². The Morgan fingerprint density at radius 3 is 2.91 bits per heavy atom. The average molecular weight is 297 g/mol. The molecule has 1 unspecified atom stereocenters. The number of nitrogens with zero attached hydrogens (tertiary/aromatic N) is 3. The highest BCUT2D eigenvalue weighted by atomic mass is 16.4. The van der Waals surface area contributed by atoms with Crippen LogP contribution in [-0.4, -0.2) is 46.1 Å². The summed E-state index contributed by atoms with van der Waals surface area (Å²) in [6, 6.07) is 6.91. The van der Waals surface area contributed by atoms with E-state index < -0.39 is 5.97 Å². The fraction of sp³-hybridized carbons (Fsp3) is 0.353. The molecule has 0 radical (unpaired) electrons. The number of aromatic carboxylic acids is 1. The molecule has 0 aliphatic carbocycles. The van der Waals surface area contributed by atoms with Gasteiger partial charge in [-0.2, -0.15) is 0 Å². The standard InChI is InChI=1S/C17H19N3O2/c1-20-9-3-6-14(11-20)16-15(18-7-8-19-16)12-4-2-5-13(10-12)17(21)22/h2,4-5,7-8,10,14H,3,6,9,11H2,1H3,(H,21,22). The molecule has 1 aromatic carbocycles. The fourth-order valence-electron chi connectivity index (χ4n) is 3.06. The van der Waals surface area contributed by atoms with E-state index in [-0.39, 0.29) is 5.56 Å². The molecule has 22 heavy (non-hydrogen) atoms. The molecule has 1 saturated heterocycles. The fourth-order valence-corrected chi connectivity index (χ4v) is 3.06. The van der Waals surface area contributed by atoms with Crippen molar-refractivity contribution in [1.29, 1.82) is 0 Å². The van der Waals surface area contributed by atoms with Gasteiger partial charge in [0.15, 0.2) is 0 Å². The van der Waals surface area contributed by atoms with E-state index in [1.54, 1.807) is 30.6 Å². The summed E-state index contributed by atoms with van der Waals surface area (Å²) in [5.41, 5.74) is 2.86. The number of benzene rings is 1. The molecule has 0 saturated carbocycles. The van der Waals surface area contributed by atoms with Crippen molar-refractivity contribution >= 4 is 5.97 Å². The summed E-state index contributed by atoms with van der Waals surface area (Å²) in [5.74, 6) is -0.583. The van der Waals surface area contributed by atoms with E-state index in [1.807, 2.05) is 6.07 Å². The van der Waals surface area contributed by atoms with Gasteiger partial charge in [-0.25, -0.2) is 4.79 Å². The molecule has 3 rings (SSSR count). The second-order valence-corrected chi connectivity index (χ2v) is 5.78. The smallest absolute Gasteiger partial charge is 0.335 e. The summed E-state index contributed by atoms with van der Waals surface area (Å²) in [6.45, 7) is 2.07. The van der Waals surface area contributed by atoms with Crippen LogP contribution < -0.4 is 0 Å². The Bertz CT molecular complexity index is 687. The Balaban J connectivity index is 2.01. The third-order valence-corrected chi connectivity index (χ3v) is 4.12. The van der Waals surface area contributed by atoms with E-state index in [0.717, 1.165) is 42.9 Å². The number of carboxylic acids is 1. The van der Waals surface area contributed by atoms with Crippen LogP contribution in [0, 0.1) is 0 Å². The summed E-state index contributed by atoms with van der Waals surface area (Å²) in [7, 11) is 2.12. The zero-order valence-electron chi connectivity index (χ0n) is 12.6. The van der Waals surface area contributed by atoms with Crippen LogP contribution in [0.4, 0.5) is 0 Å². The number of hydrogen-bond acceptors (Lipinski definition) is 4. The zero-order chi connectivity index (χ0) is 15.5. The number of carbonyl (C=O) groups is 1. The van der Waals surface area contributed by atoms with Crippen LogP contribution in [0.1, 0.15) is 34.8 Å². The maximum Gasteiger partial charge on any atom is 0.335 e. The van der Waals surface area contributed by atoms with E-state index >= 15 is 0 Å². The van der Waals surface area contributed by atoms with Gasteiger partial charge in [0.05, 0.1) is 17.0 Å². The third-order valence-electron chi connectivity index (χ3n) is 4.12. The van der Waals surface area contributed by atoms with E-state index in [0.29, 0.717) is 5.92 Å². The number of piperidine rings is 1. The molecule has 1 fully saturated rings. The van der Waals surface area contributed by atoms with Gasteiger partial charge in [0, 0.05) is 30.4 Å². The van der Waals surface area contributed by atoms with Crippen molar-refractivity contribution in [3.05, 3.63) is 47.9 Å². The van der Waals surface area contributed by atoms with Crippen LogP contribution in [0.15, 0.2) is 36.7 Å². The Morgan fingerprint density at radius 2 is 2.14 bits per heavy atom. The minimum atomic E-state index is -0.926. The number of likely N-dealkylation sites (tertiary alicyclic amines) is 1. The minimum absolute atomic E-state index is 0.273. The Kier molecular flexibility index (Phi) is 4.15. The molecule has 1 N–H and O–H groups in total. The van der Waals surface area contributed by atoms with Gasteiger partial charge < -0.3 is 10.0 Å². The molecular weight excluding hydrogens is 278 g/mol. The third kappa shape index (κ3) is 2.99. The van der Waals surface area contributed by atoms with Crippen LogP contribution in [0.3, 0.4) is 0 Å². The van der Waals surface area contributed by atoms with Crippen molar-refractivity contribution in [1.82, 2.24) is 14.9 Å². The number of hydrogen-bond donors (Lipinski definition) is 1. The molecule has 0 bridgehead atoms. The molecule has 1 aliphatic rings. The van der Waals surface area contributed by atoms with Crippen LogP contribution in [-0.2, 0) is 0 Å². The number of likely N-dealkylation sites (N-methyl/N-ethyl adjacent to an activating group) is 1. The number of carboxylic acid groups (broad SMARTS) is 1. The monoisotopic (exact) mass is 297 g/mol. The predicted octanol–water partition coefficient (Wildman–Crippen LogP) is 2.65. The lowest BCUT2D eigenvalue weighted by molar-refractivity contribution is 0.0697. The first-order valence-corrected chi connectivity index (χ1v) is 7.48. The molecule has 114 valence electrons. The second-order valence-electron chi connectivity index (χ2n) is 5.78. The second kappa shape index (κ2) is 6.23. The van der Waals surface area contributed by atoms with Gasteiger partial charge in [-0.15, -0.1) is 0 Å². The van der Waals surface area contributed by atoms with Gasteiger partial charge in [-0.3, -0.25) is 9.97 Å². The molecule has 5 heteroatoms. The van der Waals surface area contributed by atoms with Crippen LogP contribution in [0.2, 0.25) is 0 Å². The first kappa shape index (κ1) is 14.7. The van der Waals surface area contributed by atoms with E-state index in [4.69, 9.17) is 5.11 Å². The van der Waals surface area contributed by atoms with Gasteiger partial charge in [0.2, 0.25) is 0 Å². The van der Waals surface area contributed by atoms with E-state index in [9.17, 15) is 4.79 Å². The van der Waals surface area contributed by atoms with Crippen LogP contribution in [0.25, 0.3) is 11.3 Å². The van der Waals surface area contributed by atoms with E-state index in [2.05, 4.69) is 21.9 Å². The zero-order valence-corrected chi connectivity index (χ0v) is 12.6. The maximum atomic E-state index is 11.2. The SMILES string of the molecule is CN1CCCC(c2nccnc2-c2cccc(C(=O)O)c2)C1. The first-order valence-electron chi connectivity index (χ1n) is 7.48. The highest BCUT2D eigenvalue weighted by molar-refractivity contribution is 5.89. The lowest BCUT2D eigenvalue weighted by Gasteiger charge is -2.30. The maximum absolute atomic E-state index is 11.2. The van der Waals surface area contributed by atoms with Crippen molar-refractivity contribution in [2.75, 3.05) is 20.1 Å². The quantitative estimate of drug-likeness (QED) is 0.943. The lowest BCUT2D eigenvalue weighted by Crippen LogP contribution is -2.31. The van der Waals surface area contributed by atoms with Crippen molar-refractivity contribution in [2.24, 2.45) is 0 Å². The van der Waals surface area contributed by atoms with Gasteiger partial charge in [-0.1, -0.05) is 12.1 Å². The van der Waals surface area contributed by atoms with Crippen LogP contribution in [0.5, 0.6) is 0 Å². The Morgan fingerprint density at radius 1 is 1.32 bits per heavy atom. The van der Waals surface area contributed by atoms with Crippen molar-refractivity contribution in [2.45, 2.75) is 18.8 Å². The van der Waals surface area contributed by atoms with Gasteiger partial charge in [-0.05, 0) is 38.6 Å². The van der Waals surface area contributed by atoms with Crippen molar-refractivity contribution in [3.63, 3.8) is 0 Å². The molecule has 5 nitrogen and oxygen atoms in total. The van der Waals surface area contributed by atoms with Gasteiger partial charge in [0.25, 0.3) is 0 Å². The number of rotatable bonds is 3. The summed E-state index contributed by atoms with van der Waals surface area (Å²) in [5, 5.41) is 9.17. The highest BCUT2D eigenvalue weighted by Crippen LogP contribution is 2.31. The molecular formula is C17H19N3O2. The lowest BCUT2D eigenvalue weighted by atomic mass is 9.91. The highest BCUT2D eigenvalue weighted by Gasteiger charge is 2.23. The molecule has 1 atom stereocenters. The first-order chi connectivity index (χ1) is 10.6. The minimum Gasteiger partial charge on any atom is -0.478 e. The Hall–Kier alpha value is -2.27. The summed E-state index contributed by atoms with van der Waals surface area (Å²) >= 11 is 0.